The molecule has 0 bridgehead atoms. The lowest BCUT2D eigenvalue weighted by Gasteiger charge is -2.32. The van der Waals surface area contributed by atoms with E-state index < -0.39 is 7.12 Å². The van der Waals surface area contributed by atoms with Crippen LogP contribution in [-0.2, 0) is 9.31 Å². The summed E-state index contributed by atoms with van der Waals surface area (Å²) in [5, 5.41) is 2.12. The van der Waals surface area contributed by atoms with E-state index in [1.165, 1.54) is 0 Å². The Morgan fingerprint density at radius 2 is 1.57 bits per heavy atom. The lowest BCUT2D eigenvalue weighted by molar-refractivity contribution is 0.00578. The van der Waals surface area contributed by atoms with Crippen LogP contribution in [0.5, 0.6) is 0 Å². The molecule has 2 aromatic carbocycles. The Balaban J connectivity index is 1.66. The van der Waals surface area contributed by atoms with E-state index in [2.05, 4.69) is 68.5 Å². The summed E-state index contributed by atoms with van der Waals surface area (Å²) in [6.45, 7) is 8.30. The van der Waals surface area contributed by atoms with Gasteiger partial charge in [-0.05, 0) is 57.4 Å². The van der Waals surface area contributed by atoms with Gasteiger partial charge >= 0.3 is 7.12 Å². The van der Waals surface area contributed by atoms with E-state index in [0.717, 1.165) is 43.9 Å². The van der Waals surface area contributed by atoms with Crippen molar-refractivity contribution in [3.63, 3.8) is 0 Å². The minimum absolute atomic E-state index is 0.377. The first-order valence-electron chi connectivity index (χ1n) is 10.3. The van der Waals surface area contributed by atoms with Crippen LogP contribution in [0.3, 0.4) is 0 Å². The number of imidazole rings is 1. The molecule has 0 saturated carbocycles. The zero-order valence-corrected chi connectivity index (χ0v) is 17.5. The van der Waals surface area contributed by atoms with Gasteiger partial charge in [0.05, 0.1) is 33.3 Å². The molecule has 5 aromatic rings. The third kappa shape index (κ3) is 2.32. The first kappa shape index (κ1) is 17.9. The summed E-state index contributed by atoms with van der Waals surface area (Å²) in [5.74, 6) is 0. The molecule has 4 heterocycles. The molecule has 30 heavy (non-hydrogen) atoms. The van der Waals surface area contributed by atoms with E-state index in [1.807, 2.05) is 24.4 Å². The van der Waals surface area contributed by atoms with Crippen molar-refractivity contribution in [1.29, 1.82) is 0 Å². The maximum atomic E-state index is 6.28. The van der Waals surface area contributed by atoms with Gasteiger partial charge in [0.25, 0.3) is 0 Å². The quantitative estimate of drug-likeness (QED) is 0.310. The van der Waals surface area contributed by atoms with Gasteiger partial charge < -0.3 is 9.31 Å². The highest BCUT2D eigenvalue weighted by atomic mass is 16.7. The molecule has 0 radical (unpaired) electrons. The molecule has 1 saturated heterocycles. The maximum absolute atomic E-state index is 6.28. The Morgan fingerprint density at radius 1 is 0.833 bits per heavy atom. The minimum atomic E-state index is -0.409. The molecule has 1 fully saturated rings. The highest BCUT2D eigenvalue weighted by Gasteiger charge is 2.51. The first-order chi connectivity index (χ1) is 14.4. The monoisotopic (exact) mass is 395 g/mol. The predicted octanol–water partition coefficient (Wildman–Crippen LogP) is 4.49. The topological polar surface area (TPSA) is 48.7 Å². The Morgan fingerprint density at radius 3 is 2.37 bits per heavy atom. The van der Waals surface area contributed by atoms with Crippen LogP contribution in [-0.4, -0.2) is 32.7 Å². The van der Waals surface area contributed by atoms with E-state index in [0.29, 0.717) is 0 Å². The molecule has 6 rings (SSSR count). The van der Waals surface area contributed by atoms with Gasteiger partial charge in [0.1, 0.15) is 5.65 Å². The number of rotatable bonds is 1. The largest absolute Gasteiger partial charge is 0.494 e. The summed E-state index contributed by atoms with van der Waals surface area (Å²) in [4.78, 5) is 9.68. The van der Waals surface area contributed by atoms with Gasteiger partial charge in [-0.2, -0.15) is 0 Å². The highest BCUT2D eigenvalue weighted by molar-refractivity contribution is 6.62. The van der Waals surface area contributed by atoms with Crippen molar-refractivity contribution in [1.82, 2.24) is 14.4 Å². The van der Waals surface area contributed by atoms with Crippen LogP contribution < -0.4 is 5.46 Å². The second kappa shape index (κ2) is 5.81. The molecule has 6 heteroatoms. The molecule has 0 aliphatic carbocycles. The van der Waals surface area contributed by atoms with Crippen LogP contribution in [0, 0.1) is 0 Å². The Hall–Kier alpha value is -2.96. The van der Waals surface area contributed by atoms with Gasteiger partial charge in [-0.1, -0.05) is 30.3 Å². The molecule has 0 amide bonds. The van der Waals surface area contributed by atoms with E-state index in [-0.39, 0.29) is 11.2 Å². The fourth-order valence-corrected chi connectivity index (χ4v) is 4.31. The van der Waals surface area contributed by atoms with Crippen molar-refractivity contribution in [2.45, 2.75) is 38.9 Å². The van der Waals surface area contributed by atoms with Gasteiger partial charge in [-0.3, -0.25) is 9.38 Å². The smallest absolute Gasteiger partial charge is 0.399 e. The maximum Gasteiger partial charge on any atom is 0.494 e. The van der Waals surface area contributed by atoms with Crippen molar-refractivity contribution in [2.24, 2.45) is 0 Å². The van der Waals surface area contributed by atoms with Gasteiger partial charge in [-0.25, -0.2) is 4.98 Å². The SMILES string of the molecule is CC1(C)OB(c2ccc3c(c2)c2ncccc2n2c4ccccc4nc32)OC1(C)C. The molecule has 0 atom stereocenters. The summed E-state index contributed by atoms with van der Waals surface area (Å²) in [6, 6.07) is 18.6. The Labute approximate surface area is 174 Å². The van der Waals surface area contributed by atoms with E-state index >= 15 is 0 Å². The zero-order valence-electron chi connectivity index (χ0n) is 17.5. The molecular weight excluding hydrogens is 373 g/mol. The van der Waals surface area contributed by atoms with Crippen molar-refractivity contribution >= 4 is 51.1 Å². The number of para-hydroxylation sites is 2. The molecule has 0 N–H and O–H groups in total. The van der Waals surface area contributed by atoms with Crippen LogP contribution in [0.25, 0.3) is 38.5 Å². The second-order valence-corrected chi connectivity index (χ2v) is 9.02. The molecular formula is C24H22BN3O2. The normalized spacial score (nSPS) is 18.2. The zero-order chi connectivity index (χ0) is 20.7. The Bertz CT molecular complexity index is 1460. The van der Waals surface area contributed by atoms with Crippen LogP contribution in [0.4, 0.5) is 0 Å². The fourth-order valence-electron chi connectivity index (χ4n) is 4.31. The molecule has 5 nitrogen and oxygen atoms in total. The fraction of sp³-hybridized carbons (Fsp3) is 0.250. The number of pyridine rings is 2. The van der Waals surface area contributed by atoms with Crippen molar-refractivity contribution in [3.8, 4) is 0 Å². The van der Waals surface area contributed by atoms with Crippen LogP contribution in [0.15, 0.2) is 60.8 Å². The number of fused-ring (bicyclic) bond motifs is 8. The van der Waals surface area contributed by atoms with E-state index in [4.69, 9.17) is 19.3 Å². The molecule has 148 valence electrons. The van der Waals surface area contributed by atoms with E-state index in [9.17, 15) is 0 Å². The number of nitrogens with zero attached hydrogens (tertiary/aromatic N) is 3. The van der Waals surface area contributed by atoms with Crippen molar-refractivity contribution in [3.05, 3.63) is 60.8 Å². The Kier molecular flexibility index (Phi) is 3.46. The lowest BCUT2D eigenvalue weighted by Crippen LogP contribution is -2.41. The molecule has 1 aliphatic heterocycles. The summed E-state index contributed by atoms with van der Waals surface area (Å²) < 4.78 is 14.8. The van der Waals surface area contributed by atoms with Gasteiger partial charge in [0.2, 0.25) is 0 Å². The van der Waals surface area contributed by atoms with Crippen LogP contribution in [0.2, 0.25) is 0 Å². The highest BCUT2D eigenvalue weighted by Crippen LogP contribution is 2.37. The van der Waals surface area contributed by atoms with Crippen molar-refractivity contribution in [2.75, 3.05) is 0 Å². The summed E-state index contributed by atoms with van der Waals surface area (Å²) in [7, 11) is -0.409. The number of benzene rings is 2. The lowest BCUT2D eigenvalue weighted by atomic mass is 9.78. The third-order valence-electron chi connectivity index (χ3n) is 6.65. The van der Waals surface area contributed by atoms with Crippen LogP contribution in [0.1, 0.15) is 27.7 Å². The summed E-state index contributed by atoms with van der Waals surface area (Å²) >= 11 is 0. The third-order valence-corrected chi connectivity index (χ3v) is 6.65. The predicted molar refractivity (Wildman–Crippen MR) is 121 cm³/mol. The minimum Gasteiger partial charge on any atom is -0.399 e. The number of hydrogen-bond acceptors (Lipinski definition) is 4. The average molecular weight is 395 g/mol. The average Bonchev–Trinajstić information content (AvgIpc) is 3.22. The number of hydrogen-bond donors (Lipinski definition) is 0. The van der Waals surface area contributed by atoms with Crippen molar-refractivity contribution < 1.29 is 9.31 Å². The standard InChI is InChI=1S/C24H22BN3O2/c1-23(2)24(3,4)30-25(29-23)15-11-12-16-17(14-15)21-20(10-7-13-26-21)28-19-9-6-5-8-18(19)27-22(16)28/h5-14H,1-4H3. The molecule has 0 spiro atoms. The summed E-state index contributed by atoms with van der Waals surface area (Å²) in [6.07, 6.45) is 1.84. The number of aromatic nitrogens is 3. The van der Waals surface area contributed by atoms with Gasteiger partial charge in [-0.15, -0.1) is 0 Å². The molecule has 0 unspecified atom stereocenters. The van der Waals surface area contributed by atoms with Gasteiger partial charge in [0, 0.05) is 17.0 Å². The van der Waals surface area contributed by atoms with E-state index in [1.54, 1.807) is 0 Å². The summed E-state index contributed by atoms with van der Waals surface area (Å²) in [5.41, 5.74) is 5.23. The van der Waals surface area contributed by atoms with Crippen LogP contribution >= 0.6 is 0 Å². The van der Waals surface area contributed by atoms with Gasteiger partial charge in [0.15, 0.2) is 0 Å². The molecule has 1 aliphatic rings. The second-order valence-electron chi connectivity index (χ2n) is 9.02. The first-order valence-corrected chi connectivity index (χ1v) is 10.3. The molecule has 3 aromatic heterocycles.